The van der Waals surface area contributed by atoms with Crippen LogP contribution in [0.4, 0.5) is 5.82 Å². The maximum atomic E-state index is 11.1. The van der Waals surface area contributed by atoms with Gasteiger partial charge < -0.3 is 10.3 Å². The summed E-state index contributed by atoms with van der Waals surface area (Å²) in [7, 11) is 0. The third-order valence-corrected chi connectivity index (χ3v) is 2.97. The molecule has 84 valence electrons. The molecule has 0 amide bonds. The lowest BCUT2D eigenvalue weighted by Gasteiger charge is -2.22. The molecular formula is C9H13Cl2N3O. The highest BCUT2D eigenvalue weighted by Gasteiger charge is 2.17. The summed E-state index contributed by atoms with van der Waals surface area (Å²) in [6.45, 7) is 4.62. The molecule has 1 heterocycles. The first-order valence-corrected chi connectivity index (χ1v) is 5.40. The molecule has 0 spiro atoms. The standard InChI is InChI=1S/C9H13Cl2N3O/c1-9(2,3-10)4-12-7-6(11)8(15)14-5-13-7/h5H,3-4H2,1-2H3,(H2,12,13,14,15). The van der Waals surface area contributed by atoms with E-state index in [0.29, 0.717) is 18.2 Å². The summed E-state index contributed by atoms with van der Waals surface area (Å²) in [6.07, 6.45) is 1.31. The number of rotatable bonds is 4. The molecule has 1 rings (SSSR count). The fourth-order valence-electron chi connectivity index (χ4n) is 0.877. The molecule has 0 aromatic carbocycles. The fraction of sp³-hybridized carbons (Fsp3) is 0.556. The lowest BCUT2D eigenvalue weighted by atomic mass is 9.97. The minimum absolute atomic E-state index is 0.0721. The van der Waals surface area contributed by atoms with Crippen molar-refractivity contribution in [2.75, 3.05) is 17.7 Å². The van der Waals surface area contributed by atoms with Crippen molar-refractivity contribution in [1.29, 1.82) is 0 Å². The molecule has 0 unspecified atom stereocenters. The summed E-state index contributed by atoms with van der Waals surface area (Å²) in [6, 6.07) is 0. The van der Waals surface area contributed by atoms with Crippen LogP contribution in [0.5, 0.6) is 0 Å². The molecule has 0 saturated carbocycles. The molecule has 1 aromatic rings. The molecule has 6 heteroatoms. The summed E-state index contributed by atoms with van der Waals surface area (Å²) in [5.74, 6) is 0.902. The number of aromatic nitrogens is 2. The number of nitrogens with zero attached hydrogens (tertiary/aromatic N) is 1. The van der Waals surface area contributed by atoms with Gasteiger partial charge in [-0.3, -0.25) is 4.79 Å². The summed E-state index contributed by atoms with van der Waals surface area (Å²) >= 11 is 11.5. The number of anilines is 1. The van der Waals surface area contributed by atoms with E-state index in [2.05, 4.69) is 15.3 Å². The van der Waals surface area contributed by atoms with Gasteiger partial charge in [0.05, 0.1) is 6.33 Å². The number of H-pyrrole nitrogens is 1. The van der Waals surface area contributed by atoms with Gasteiger partial charge in [0.25, 0.3) is 5.56 Å². The van der Waals surface area contributed by atoms with Gasteiger partial charge in [0.1, 0.15) is 5.02 Å². The highest BCUT2D eigenvalue weighted by Crippen LogP contribution is 2.19. The number of hydrogen-bond acceptors (Lipinski definition) is 3. The van der Waals surface area contributed by atoms with Crippen LogP contribution in [-0.2, 0) is 0 Å². The third-order valence-electron chi connectivity index (χ3n) is 1.89. The number of hydrogen-bond donors (Lipinski definition) is 2. The van der Waals surface area contributed by atoms with E-state index in [-0.39, 0.29) is 16.0 Å². The quantitative estimate of drug-likeness (QED) is 0.804. The lowest BCUT2D eigenvalue weighted by Crippen LogP contribution is -2.26. The van der Waals surface area contributed by atoms with Crippen LogP contribution >= 0.6 is 23.2 Å². The minimum atomic E-state index is -0.349. The van der Waals surface area contributed by atoms with Crippen molar-refractivity contribution in [2.24, 2.45) is 5.41 Å². The Hall–Kier alpha value is -0.740. The monoisotopic (exact) mass is 249 g/mol. The molecule has 0 bridgehead atoms. The van der Waals surface area contributed by atoms with Gasteiger partial charge in [-0.05, 0) is 5.41 Å². The second-order valence-corrected chi connectivity index (χ2v) is 4.69. The van der Waals surface area contributed by atoms with Gasteiger partial charge in [-0.15, -0.1) is 11.6 Å². The second-order valence-electron chi connectivity index (χ2n) is 4.05. The zero-order valence-electron chi connectivity index (χ0n) is 8.60. The average molecular weight is 250 g/mol. The summed E-state index contributed by atoms with van der Waals surface area (Å²) in [4.78, 5) is 17.5. The molecule has 1 aromatic heterocycles. The molecule has 4 nitrogen and oxygen atoms in total. The zero-order valence-corrected chi connectivity index (χ0v) is 10.1. The fourth-order valence-corrected chi connectivity index (χ4v) is 1.14. The predicted octanol–water partition coefficient (Wildman–Crippen LogP) is 2.10. The van der Waals surface area contributed by atoms with E-state index in [1.807, 2.05) is 13.8 Å². The van der Waals surface area contributed by atoms with Crippen LogP contribution in [-0.4, -0.2) is 22.4 Å². The van der Waals surface area contributed by atoms with Gasteiger partial charge in [0.2, 0.25) is 0 Å². The van der Waals surface area contributed by atoms with Gasteiger partial charge in [0.15, 0.2) is 5.82 Å². The van der Waals surface area contributed by atoms with Crippen LogP contribution in [0.15, 0.2) is 11.1 Å². The Morgan fingerprint density at radius 1 is 1.60 bits per heavy atom. The molecule has 0 atom stereocenters. The van der Waals surface area contributed by atoms with E-state index < -0.39 is 0 Å². The smallest absolute Gasteiger partial charge is 0.271 e. The van der Waals surface area contributed by atoms with Crippen LogP contribution in [0.3, 0.4) is 0 Å². The van der Waals surface area contributed by atoms with Gasteiger partial charge in [-0.2, -0.15) is 0 Å². The molecule has 0 fully saturated rings. The largest absolute Gasteiger partial charge is 0.368 e. The molecule has 0 aliphatic heterocycles. The normalized spacial score (nSPS) is 11.5. The van der Waals surface area contributed by atoms with Crippen molar-refractivity contribution in [3.8, 4) is 0 Å². The van der Waals surface area contributed by atoms with E-state index in [1.54, 1.807) is 0 Å². The Kier molecular flexibility index (Phi) is 3.99. The average Bonchev–Trinajstić information content (AvgIpc) is 2.20. The zero-order chi connectivity index (χ0) is 11.5. The topological polar surface area (TPSA) is 57.8 Å². The van der Waals surface area contributed by atoms with E-state index in [4.69, 9.17) is 23.2 Å². The maximum absolute atomic E-state index is 11.1. The van der Waals surface area contributed by atoms with Crippen molar-refractivity contribution in [2.45, 2.75) is 13.8 Å². The maximum Gasteiger partial charge on any atom is 0.271 e. The van der Waals surface area contributed by atoms with Crippen molar-refractivity contribution in [3.05, 3.63) is 21.7 Å². The lowest BCUT2D eigenvalue weighted by molar-refractivity contribution is 0.449. The number of aromatic amines is 1. The van der Waals surface area contributed by atoms with Crippen molar-refractivity contribution < 1.29 is 0 Å². The molecule has 0 radical (unpaired) electrons. The van der Waals surface area contributed by atoms with E-state index in [9.17, 15) is 4.79 Å². The predicted molar refractivity (Wildman–Crippen MR) is 62.9 cm³/mol. The summed E-state index contributed by atoms with van der Waals surface area (Å²) in [5.41, 5.74) is -0.423. The minimum Gasteiger partial charge on any atom is -0.368 e. The van der Waals surface area contributed by atoms with E-state index in [1.165, 1.54) is 6.33 Å². The first kappa shape index (κ1) is 12.3. The van der Waals surface area contributed by atoms with Gasteiger partial charge in [0, 0.05) is 12.4 Å². The van der Waals surface area contributed by atoms with Crippen LogP contribution in [0.25, 0.3) is 0 Å². The molecule has 15 heavy (non-hydrogen) atoms. The molecule has 0 aliphatic rings. The SMILES string of the molecule is CC(C)(CCl)CNc1nc[nH]c(=O)c1Cl. The van der Waals surface area contributed by atoms with Gasteiger partial charge in [-0.25, -0.2) is 4.98 Å². The molecule has 0 saturated heterocycles. The van der Waals surface area contributed by atoms with Crippen molar-refractivity contribution in [3.63, 3.8) is 0 Å². The molecule has 0 aliphatic carbocycles. The highest BCUT2D eigenvalue weighted by atomic mass is 35.5. The highest BCUT2D eigenvalue weighted by molar-refractivity contribution is 6.32. The van der Waals surface area contributed by atoms with Crippen LogP contribution in [0, 0.1) is 5.41 Å². The molecular weight excluding hydrogens is 237 g/mol. The van der Waals surface area contributed by atoms with E-state index >= 15 is 0 Å². The van der Waals surface area contributed by atoms with Crippen LogP contribution in [0.2, 0.25) is 5.02 Å². The Morgan fingerprint density at radius 2 is 2.27 bits per heavy atom. The second kappa shape index (κ2) is 4.86. The van der Waals surface area contributed by atoms with Gasteiger partial charge in [-0.1, -0.05) is 25.4 Å². The van der Waals surface area contributed by atoms with Crippen molar-refractivity contribution in [1.82, 2.24) is 9.97 Å². The number of nitrogens with one attached hydrogen (secondary N) is 2. The Bertz CT molecular complexity index is 389. The Labute approximate surface area is 98.0 Å². The number of halogens is 2. The number of alkyl halides is 1. The van der Waals surface area contributed by atoms with Crippen LogP contribution < -0.4 is 10.9 Å². The van der Waals surface area contributed by atoms with Crippen LogP contribution in [0.1, 0.15) is 13.8 Å². The first-order chi connectivity index (χ1) is 6.96. The first-order valence-electron chi connectivity index (χ1n) is 4.49. The third kappa shape index (κ3) is 3.39. The Balaban J connectivity index is 2.74. The molecule has 2 N–H and O–H groups in total. The van der Waals surface area contributed by atoms with Gasteiger partial charge >= 0.3 is 0 Å². The Morgan fingerprint density at radius 3 is 2.87 bits per heavy atom. The summed E-state index contributed by atoms with van der Waals surface area (Å²) < 4.78 is 0. The summed E-state index contributed by atoms with van der Waals surface area (Å²) in [5, 5.41) is 3.07. The van der Waals surface area contributed by atoms with E-state index in [0.717, 1.165) is 0 Å². The van der Waals surface area contributed by atoms with Crippen molar-refractivity contribution >= 4 is 29.0 Å².